The number of aromatic amines is 1. The second-order valence-electron chi connectivity index (χ2n) is 11.7. The summed E-state index contributed by atoms with van der Waals surface area (Å²) in [6, 6.07) is 1.95. The summed E-state index contributed by atoms with van der Waals surface area (Å²) in [5, 5.41) is 9.18. The summed E-state index contributed by atoms with van der Waals surface area (Å²) in [7, 11) is -7.12. The van der Waals surface area contributed by atoms with Gasteiger partial charge in [-0.25, -0.2) is 17.9 Å². The van der Waals surface area contributed by atoms with Gasteiger partial charge >= 0.3 is 5.69 Å². The van der Waals surface area contributed by atoms with Gasteiger partial charge in [0.05, 0.1) is 44.7 Å². The number of nitrogens with zero attached hydrogens (tertiary/aromatic N) is 3. The fourth-order valence-electron chi connectivity index (χ4n) is 5.14. The van der Waals surface area contributed by atoms with E-state index in [4.69, 9.17) is 28.0 Å². The molecule has 20 heteroatoms. The summed E-state index contributed by atoms with van der Waals surface area (Å²) < 4.78 is 77.4. The van der Waals surface area contributed by atoms with Gasteiger partial charge in [-0.3, -0.25) is 18.9 Å². The van der Waals surface area contributed by atoms with Crippen molar-refractivity contribution in [2.75, 3.05) is 46.5 Å². The number of aromatic nitrogens is 2. The summed E-state index contributed by atoms with van der Waals surface area (Å²) in [5.74, 6) is 0. The van der Waals surface area contributed by atoms with Crippen LogP contribution in [0.5, 0.6) is 0 Å². The molecule has 0 aliphatic carbocycles. The van der Waals surface area contributed by atoms with Crippen LogP contribution in [-0.4, -0.2) is 110 Å². The molecule has 3 N–H and O–H groups in total. The second kappa shape index (κ2) is 19.0. The van der Waals surface area contributed by atoms with Crippen molar-refractivity contribution >= 4 is 26.1 Å². The van der Waals surface area contributed by atoms with Crippen LogP contribution in [0.2, 0.25) is 0 Å². The molecule has 1 aromatic heterocycles. The fourth-order valence-corrected chi connectivity index (χ4v) is 9.96. The first-order chi connectivity index (χ1) is 21.9. The molecule has 0 spiro atoms. The SMILES string of the molecule is COCC(COC)O[C@@H]1[C@H](OP(OCCC#N)N(C(C)C)C(C)C)[C@@H](CCCP(=O)(O)NS(C)(=O)=O)O[C@H]1n1cc(C)c(=O)[nH]c1=O. The normalized spacial score (nSPS) is 22.3. The Balaban J connectivity index is 2.66. The minimum Gasteiger partial charge on any atom is -0.382 e. The first kappa shape index (κ1) is 41.6. The monoisotopic (exact) mass is 729 g/mol. The molecule has 2 heterocycles. The molecule has 47 heavy (non-hydrogen) atoms. The second-order valence-corrected chi connectivity index (χ2v) is 17.3. The standard InChI is InChI=1S/C27H49N5O12P2S/c1-18(2)32(19(3)4)45(41-13-10-12-28)44-23-22(11-9-14-46(35,36)30-47(8,37)38)43-26(24(23)42-21(16-39-6)17-40-7)31-15-20(5)25(33)29-27(31)34/h15,18-19,21-24,26H,9-11,13-14,16-17H2,1-8H3,(H,29,33,34)(H2,30,35,36)/t22-,23-,24-,26-,45?/m1/s1. The highest BCUT2D eigenvalue weighted by Crippen LogP contribution is 2.51. The third kappa shape index (κ3) is 13.0. The third-order valence-corrected chi connectivity index (χ3v) is 12.4. The van der Waals surface area contributed by atoms with Gasteiger partial charge in [-0.2, -0.15) is 5.26 Å². The predicted octanol–water partition coefficient (Wildman–Crippen LogP) is 1.97. The van der Waals surface area contributed by atoms with E-state index < -0.39 is 74.1 Å². The molecule has 270 valence electrons. The van der Waals surface area contributed by atoms with Gasteiger partial charge in [0.2, 0.25) is 10.0 Å². The number of ether oxygens (including phenoxy) is 4. The number of sulfonamides is 1. The Bertz CT molecular complexity index is 1440. The average molecular weight is 730 g/mol. The van der Waals surface area contributed by atoms with Gasteiger partial charge in [0.25, 0.3) is 21.6 Å². The van der Waals surface area contributed by atoms with E-state index in [2.05, 4.69) is 11.1 Å². The zero-order chi connectivity index (χ0) is 35.5. The molecule has 1 aliphatic heterocycles. The fraction of sp³-hybridized carbons (Fsp3) is 0.815. The lowest BCUT2D eigenvalue weighted by molar-refractivity contribution is -0.130. The highest BCUT2D eigenvalue weighted by Gasteiger charge is 2.50. The van der Waals surface area contributed by atoms with Crippen molar-refractivity contribution in [3.63, 3.8) is 0 Å². The molecule has 0 radical (unpaired) electrons. The summed E-state index contributed by atoms with van der Waals surface area (Å²) in [6.45, 7) is 9.69. The van der Waals surface area contributed by atoms with Gasteiger partial charge in [0, 0.05) is 44.2 Å². The zero-order valence-electron chi connectivity index (χ0n) is 28.2. The summed E-state index contributed by atoms with van der Waals surface area (Å²) in [5.41, 5.74) is -1.10. The predicted molar refractivity (Wildman–Crippen MR) is 174 cm³/mol. The van der Waals surface area contributed by atoms with Gasteiger partial charge in [0.15, 0.2) is 6.23 Å². The van der Waals surface area contributed by atoms with Crippen LogP contribution in [-0.2, 0) is 42.6 Å². The van der Waals surface area contributed by atoms with E-state index >= 15 is 0 Å². The van der Waals surface area contributed by atoms with E-state index in [-0.39, 0.29) is 56.7 Å². The van der Waals surface area contributed by atoms with Crippen LogP contribution in [0.25, 0.3) is 0 Å². The molecule has 1 fully saturated rings. The van der Waals surface area contributed by atoms with Crippen LogP contribution in [0.4, 0.5) is 0 Å². The molecule has 1 aliphatic rings. The maximum absolute atomic E-state index is 13.1. The summed E-state index contributed by atoms with van der Waals surface area (Å²) >= 11 is 0. The molecule has 1 aromatic rings. The molecule has 17 nitrogen and oxygen atoms in total. The molecular weight excluding hydrogens is 680 g/mol. The van der Waals surface area contributed by atoms with Crippen molar-refractivity contribution in [1.29, 1.82) is 5.26 Å². The Morgan fingerprint density at radius 1 is 1.19 bits per heavy atom. The Morgan fingerprint density at radius 3 is 2.34 bits per heavy atom. The molecule has 0 saturated carbocycles. The van der Waals surface area contributed by atoms with Crippen LogP contribution < -0.4 is 15.7 Å². The number of methoxy groups -OCH3 is 2. The molecule has 0 amide bonds. The Morgan fingerprint density at radius 2 is 1.81 bits per heavy atom. The lowest BCUT2D eigenvalue weighted by atomic mass is 10.1. The van der Waals surface area contributed by atoms with Crippen molar-refractivity contribution < 1.29 is 45.9 Å². The zero-order valence-corrected chi connectivity index (χ0v) is 30.8. The van der Waals surface area contributed by atoms with Gasteiger partial charge < -0.3 is 32.9 Å². The van der Waals surface area contributed by atoms with Crippen molar-refractivity contribution in [3.8, 4) is 6.07 Å². The van der Waals surface area contributed by atoms with E-state index in [1.54, 1.807) is 4.49 Å². The van der Waals surface area contributed by atoms with Crippen LogP contribution in [0, 0.1) is 18.3 Å². The number of nitrogens with one attached hydrogen (secondary N) is 2. The maximum atomic E-state index is 13.1. The minimum atomic E-state index is -4.28. The number of nitriles is 1. The Hall–Kier alpha value is -1.58. The molecule has 0 bridgehead atoms. The molecule has 6 atom stereocenters. The average Bonchev–Trinajstić information content (AvgIpc) is 3.25. The smallest absolute Gasteiger partial charge is 0.330 e. The van der Waals surface area contributed by atoms with Crippen molar-refractivity contribution in [1.82, 2.24) is 18.7 Å². The topological polar surface area (TPSA) is 221 Å². The maximum Gasteiger partial charge on any atom is 0.330 e. The number of hydrogen-bond donors (Lipinski definition) is 3. The largest absolute Gasteiger partial charge is 0.382 e. The van der Waals surface area contributed by atoms with E-state index in [1.807, 2.05) is 32.4 Å². The van der Waals surface area contributed by atoms with E-state index in [0.29, 0.717) is 0 Å². The molecule has 1 saturated heterocycles. The lowest BCUT2D eigenvalue weighted by Gasteiger charge is -2.38. The van der Waals surface area contributed by atoms with E-state index in [0.717, 1.165) is 6.26 Å². The number of H-pyrrole nitrogens is 1. The molecular formula is C27H49N5O12P2S. The number of hydrogen-bond acceptors (Lipinski definition) is 13. The summed E-state index contributed by atoms with van der Waals surface area (Å²) in [4.78, 5) is 37.9. The number of rotatable bonds is 21. The Labute approximate surface area is 277 Å². The Kier molecular flexibility index (Phi) is 16.8. The molecule has 2 unspecified atom stereocenters. The summed E-state index contributed by atoms with van der Waals surface area (Å²) in [6.07, 6.45) is -2.74. The van der Waals surface area contributed by atoms with Gasteiger partial charge in [-0.05, 0) is 47.5 Å². The van der Waals surface area contributed by atoms with Crippen molar-refractivity contribution in [2.45, 2.75) is 96.6 Å². The lowest BCUT2D eigenvalue weighted by Crippen LogP contribution is -2.44. The first-order valence-electron chi connectivity index (χ1n) is 15.1. The highest BCUT2D eigenvalue weighted by molar-refractivity contribution is 7.94. The molecule has 0 aromatic carbocycles. The van der Waals surface area contributed by atoms with E-state index in [1.165, 1.54) is 31.9 Å². The number of aryl methyl sites for hydroxylation is 1. The van der Waals surface area contributed by atoms with Crippen LogP contribution in [0.1, 0.15) is 58.7 Å². The van der Waals surface area contributed by atoms with Gasteiger partial charge in [-0.1, -0.05) is 0 Å². The highest BCUT2D eigenvalue weighted by atomic mass is 32.2. The third-order valence-electron chi connectivity index (χ3n) is 6.89. The van der Waals surface area contributed by atoms with Gasteiger partial charge in [-0.15, -0.1) is 4.49 Å². The van der Waals surface area contributed by atoms with Crippen molar-refractivity contribution in [2.24, 2.45) is 0 Å². The van der Waals surface area contributed by atoms with Crippen LogP contribution in [0.3, 0.4) is 0 Å². The first-order valence-corrected chi connectivity index (χ1v) is 20.0. The van der Waals surface area contributed by atoms with Crippen LogP contribution in [0.15, 0.2) is 15.8 Å². The molecule has 2 rings (SSSR count). The quantitative estimate of drug-likeness (QED) is 0.122. The minimum absolute atomic E-state index is 0.0185. The van der Waals surface area contributed by atoms with Gasteiger partial charge in [0.1, 0.15) is 18.3 Å². The van der Waals surface area contributed by atoms with Crippen molar-refractivity contribution in [3.05, 3.63) is 32.6 Å². The van der Waals surface area contributed by atoms with Crippen LogP contribution >= 0.6 is 16.0 Å². The van der Waals surface area contributed by atoms with E-state index in [9.17, 15) is 32.7 Å².